The van der Waals surface area contributed by atoms with Gasteiger partial charge in [0.1, 0.15) is 11.6 Å². The van der Waals surface area contributed by atoms with Gasteiger partial charge in [0, 0.05) is 73.6 Å². The van der Waals surface area contributed by atoms with Crippen molar-refractivity contribution in [3.8, 4) is 5.75 Å². The zero-order valence-electron chi connectivity index (χ0n) is 16.5. The Hall–Kier alpha value is -2.40. The number of fused-ring (bicyclic) bond motifs is 2. The Morgan fingerprint density at radius 1 is 1.22 bits per heavy atom. The van der Waals surface area contributed by atoms with Crippen LogP contribution in [-0.4, -0.2) is 33.1 Å². The molecular weight excluding hydrogens is 336 g/mol. The van der Waals surface area contributed by atoms with Crippen LogP contribution in [0.3, 0.4) is 0 Å². The Bertz CT molecular complexity index is 947. The number of rotatable bonds is 6. The molecule has 3 heterocycles. The summed E-state index contributed by atoms with van der Waals surface area (Å²) in [6, 6.07) is 6.37. The largest absolute Gasteiger partial charge is 0.497 e. The Balaban J connectivity index is 1.58. The average Bonchev–Trinajstić information content (AvgIpc) is 3.05. The van der Waals surface area contributed by atoms with Crippen LogP contribution in [0.2, 0.25) is 0 Å². The topological polar surface area (TPSA) is 43.2 Å². The van der Waals surface area contributed by atoms with Crippen molar-refractivity contribution in [2.24, 2.45) is 0 Å². The molecule has 1 aliphatic heterocycles. The van der Waals surface area contributed by atoms with E-state index in [9.17, 15) is 0 Å². The quantitative estimate of drug-likeness (QED) is 0.664. The number of aromatic nitrogens is 3. The highest BCUT2D eigenvalue weighted by Gasteiger charge is 2.20. The molecule has 5 nitrogen and oxygen atoms in total. The average molecular weight is 364 g/mol. The highest BCUT2D eigenvalue weighted by atomic mass is 16.5. The summed E-state index contributed by atoms with van der Waals surface area (Å²) in [5.41, 5.74) is 5.15. The van der Waals surface area contributed by atoms with Crippen molar-refractivity contribution in [2.75, 3.05) is 13.7 Å². The van der Waals surface area contributed by atoms with Crippen molar-refractivity contribution in [1.29, 1.82) is 0 Å². The van der Waals surface area contributed by atoms with E-state index in [1.807, 2.05) is 12.3 Å². The second-order valence-corrected chi connectivity index (χ2v) is 7.29. The van der Waals surface area contributed by atoms with Crippen LogP contribution in [0.5, 0.6) is 5.75 Å². The van der Waals surface area contributed by atoms with Crippen molar-refractivity contribution in [1.82, 2.24) is 19.4 Å². The Morgan fingerprint density at radius 3 is 2.89 bits per heavy atom. The lowest BCUT2D eigenvalue weighted by Crippen LogP contribution is -2.31. The van der Waals surface area contributed by atoms with E-state index in [0.29, 0.717) is 0 Å². The number of methoxy groups -OCH3 is 1. The second kappa shape index (κ2) is 7.69. The number of aryl methyl sites for hydroxylation is 2. The van der Waals surface area contributed by atoms with Crippen LogP contribution in [0.15, 0.2) is 30.6 Å². The molecule has 2 aromatic heterocycles. The van der Waals surface area contributed by atoms with Gasteiger partial charge in [-0.1, -0.05) is 6.92 Å². The highest BCUT2D eigenvalue weighted by Crippen LogP contribution is 2.28. The normalized spacial score (nSPS) is 14.5. The molecule has 0 amide bonds. The monoisotopic (exact) mass is 364 g/mol. The smallest absolute Gasteiger partial charge is 0.128 e. The molecule has 0 bridgehead atoms. The predicted molar refractivity (Wildman–Crippen MR) is 108 cm³/mol. The lowest BCUT2D eigenvalue weighted by atomic mass is 10.1. The highest BCUT2D eigenvalue weighted by molar-refractivity contribution is 5.85. The van der Waals surface area contributed by atoms with Crippen molar-refractivity contribution in [3.63, 3.8) is 0 Å². The van der Waals surface area contributed by atoms with Crippen LogP contribution in [0, 0.1) is 0 Å². The molecule has 5 heteroatoms. The van der Waals surface area contributed by atoms with Crippen molar-refractivity contribution < 1.29 is 4.74 Å². The van der Waals surface area contributed by atoms with E-state index in [1.54, 1.807) is 7.11 Å². The van der Waals surface area contributed by atoms with Crippen LogP contribution in [-0.2, 0) is 32.5 Å². The third-order valence-corrected chi connectivity index (χ3v) is 5.44. The second-order valence-electron chi connectivity index (χ2n) is 7.29. The zero-order chi connectivity index (χ0) is 18.8. The molecule has 0 N–H and O–H groups in total. The maximum absolute atomic E-state index is 5.45. The molecule has 0 radical (unpaired) electrons. The fraction of sp³-hybridized carbons (Fsp3) is 0.455. The minimum atomic E-state index is 0.915. The zero-order valence-corrected chi connectivity index (χ0v) is 16.5. The number of hydrogen-bond acceptors (Lipinski definition) is 4. The molecule has 1 aliphatic rings. The summed E-state index contributed by atoms with van der Waals surface area (Å²) in [6.07, 6.45) is 7.40. The SMILES string of the molecule is CCCc1ncc2c(n1)CCN(Cc1cn(CC)c3ccc(OC)cc13)C2. The van der Waals surface area contributed by atoms with Crippen LogP contribution in [0.25, 0.3) is 10.9 Å². The Morgan fingerprint density at radius 2 is 2.11 bits per heavy atom. The van der Waals surface area contributed by atoms with Gasteiger partial charge in [-0.3, -0.25) is 4.90 Å². The summed E-state index contributed by atoms with van der Waals surface area (Å²) in [5.74, 6) is 1.90. The molecule has 4 rings (SSSR count). The first-order valence-electron chi connectivity index (χ1n) is 9.93. The van der Waals surface area contributed by atoms with E-state index < -0.39 is 0 Å². The van der Waals surface area contributed by atoms with Gasteiger partial charge >= 0.3 is 0 Å². The first-order valence-corrected chi connectivity index (χ1v) is 9.93. The maximum atomic E-state index is 5.45. The summed E-state index contributed by atoms with van der Waals surface area (Å²) in [7, 11) is 1.73. The summed E-state index contributed by atoms with van der Waals surface area (Å²) in [4.78, 5) is 11.8. The molecule has 0 aliphatic carbocycles. The fourth-order valence-corrected chi connectivity index (χ4v) is 4.00. The molecule has 1 aromatic carbocycles. The molecule has 0 saturated carbocycles. The number of ether oxygens (including phenoxy) is 1. The van der Waals surface area contributed by atoms with Gasteiger partial charge in [-0.25, -0.2) is 9.97 Å². The molecule has 0 fully saturated rings. The van der Waals surface area contributed by atoms with E-state index in [2.05, 4.69) is 46.6 Å². The van der Waals surface area contributed by atoms with Crippen LogP contribution < -0.4 is 4.74 Å². The first-order chi connectivity index (χ1) is 13.2. The number of nitrogens with zero attached hydrogens (tertiary/aromatic N) is 4. The summed E-state index contributed by atoms with van der Waals surface area (Å²) >= 11 is 0. The van der Waals surface area contributed by atoms with Gasteiger partial charge in [-0.15, -0.1) is 0 Å². The standard InChI is InChI=1S/C22H28N4O/c1-4-6-22-23-12-16-13-25(10-9-20(16)24-22)14-17-15-26(5-2)21-8-7-18(27-3)11-19(17)21/h7-8,11-12,15H,4-6,9-10,13-14H2,1-3H3. The van der Waals surface area contributed by atoms with Gasteiger partial charge in [-0.2, -0.15) is 0 Å². The molecule has 0 saturated heterocycles. The molecule has 27 heavy (non-hydrogen) atoms. The van der Waals surface area contributed by atoms with Crippen LogP contribution in [0.1, 0.15) is 42.9 Å². The summed E-state index contributed by atoms with van der Waals surface area (Å²) < 4.78 is 7.77. The van der Waals surface area contributed by atoms with Gasteiger partial charge in [0.15, 0.2) is 0 Å². The van der Waals surface area contributed by atoms with Crippen molar-refractivity contribution in [2.45, 2.75) is 52.7 Å². The summed E-state index contributed by atoms with van der Waals surface area (Å²) in [5, 5.41) is 1.29. The number of benzene rings is 1. The molecule has 3 aromatic rings. The van der Waals surface area contributed by atoms with E-state index in [4.69, 9.17) is 9.72 Å². The van der Waals surface area contributed by atoms with Gasteiger partial charge in [0.25, 0.3) is 0 Å². The Kier molecular flexibility index (Phi) is 5.12. The molecule has 142 valence electrons. The fourth-order valence-electron chi connectivity index (χ4n) is 4.00. The minimum Gasteiger partial charge on any atom is -0.497 e. The lowest BCUT2D eigenvalue weighted by molar-refractivity contribution is 0.243. The third-order valence-electron chi connectivity index (χ3n) is 5.44. The van der Waals surface area contributed by atoms with Crippen molar-refractivity contribution >= 4 is 10.9 Å². The van der Waals surface area contributed by atoms with Crippen LogP contribution in [0.4, 0.5) is 0 Å². The summed E-state index contributed by atoms with van der Waals surface area (Å²) in [6.45, 7) is 8.23. The van der Waals surface area contributed by atoms with Gasteiger partial charge in [-0.05, 0) is 37.1 Å². The van der Waals surface area contributed by atoms with Crippen molar-refractivity contribution in [3.05, 3.63) is 53.2 Å². The lowest BCUT2D eigenvalue weighted by Gasteiger charge is -2.28. The first kappa shape index (κ1) is 18.0. The van der Waals surface area contributed by atoms with E-state index in [0.717, 1.165) is 57.0 Å². The molecular formula is C22H28N4O. The van der Waals surface area contributed by atoms with Gasteiger partial charge in [0.2, 0.25) is 0 Å². The molecule has 0 atom stereocenters. The van der Waals surface area contributed by atoms with E-state index in [-0.39, 0.29) is 0 Å². The molecule has 0 unspecified atom stereocenters. The third kappa shape index (κ3) is 3.56. The van der Waals surface area contributed by atoms with Gasteiger partial charge < -0.3 is 9.30 Å². The minimum absolute atomic E-state index is 0.915. The van der Waals surface area contributed by atoms with E-state index >= 15 is 0 Å². The number of hydrogen-bond donors (Lipinski definition) is 0. The van der Waals surface area contributed by atoms with Gasteiger partial charge in [0.05, 0.1) is 7.11 Å². The van der Waals surface area contributed by atoms with E-state index in [1.165, 1.54) is 27.7 Å². The van der Waals surface area contributed by atoms with Crippen LogP contribution >= 0.6 is 0 Å². The Labute approximate surface area is 161 Å². The maximum Gasteiger partial charge on any atom is 0.128 e. The predicted octanol–water partition coefficient (Wildman–Crippen LogP) is 3.97. The molecule has 0 spiro atoms.